The van der Waals surface area contributed by atoms with E-state index in [9.17, 15) is 4.79 Å². The molecule has 0 aliphatic rings. The Balaban J connectivity index is 2.88. The Hall–Kier alpha value is -1.24. The summed E-state index contributed by atoms with van der Waals surface area (Å²) in [4.78, 5) is 11.8. The van der Waals surface area contributed by atoms with Gasteiger partial charge in [-0.3, -0.25) is 4.79 Å². The number of carbonyl (C=O) groups excluding carboxylic acids is 1. The van der Waals surface area contributed by atoms with Crippen molar-refractivity contribution in [1.29, 1.82) is 5.26 Å². The summed E-state index contributed by atoms with van der Waals surface area (Å²) >= 11 is 11.6. The van der Waals surface area contributed by atoms with Gasteiger partial charge in [-0.2, -0.15) is 5.26 Å². The van der Waals surface area contributed by atoms with Crippen LogP contribution in [0.3, 0.4) is 0 Å². The molecule has 3 nitrogen and oxygen atoms in total. The summed E-state index contributed by atoms with van der Waals surface area (Å²) in [6.45, 7) is 3.50. The minimum Gasteiger partial charge on any atom is -0.326 e. The number of alkyl halides is 1. The van der Waals surface area contributed by atoms with Crippen molar-refractivity contribution in [3.63, 3.8) is 0 Å². The summed E-state index contributed by atoms with van der Waals surface area (Å²) < 4.78 is 0. The van der Waals surface area contributed by atoms with Crippen molar-refractivity contribution in [3.8, 4) is 6.07 Å². The van der Waals surface area contributed by atoms with Crippen LogP contribution in [0.4, 0.5) is 5.69 Å². The van der Waals surface area contributed by atoms with Crippen LogP contribution in [-0.2, 0) is 4.79 Å². The third-order valence-electron chi connectivity index (χ3n) is 2.30. The van der Waals surface area contributed by atoms with E-state index in [1.807, 2.05) is 6.07 Å². The molecule has 1 aromatic carbocycles. The Labute approximate surface area is 110 Å². The predicted octanol–water partition coefficient (Wildman–Crippen LogP) is 3.42. The Kier molecular flexibility index (Phi) is 4.39. The Morgan fingerprint density at radius 1 is 1.53 bits per heavy atom. The normalized spacial score (nSPS) is 10.8. The molecule has 0 atom stereocenters. The lowest BCUT2D eigenvalue weighted by Gasteiger charge is -2.20. The van der Waals surface area contributed by atoms with E-state index in [2.05, 4.69) is 5.32 Å². The number of amides is 1. The minimum absolute atomic E-state index is 0.187. The van der Waals surface area contributed by atoms with E-state index >= 15 is 0 Å². The molecule has 0 unspecified atom stereocenters. The fourth-order valence-corrected chi connectivity index (χ4v) is 1.39. The molecule has 5 heteroatoms. The molecule has 1 rings (SSSR count). The molecule has 0 radical (unpaired) electrons. The summed E-state index contributed by atoms with van der Waals surface area (Å²) in [5.41, 5.74) is 0.278. The van der Waals surface area contributed by atoms with Crippen molar-refractivity contribution in [2.45, 2.75) is 13.8 Å². The molecule has 17 heavy (non-hydrogen) atoms. The first-order chi connectivity index (χ1) is 7.90. The number of halogens is 2. The fourth-order valence-electron chi connectivity index (χ4n) is 1.04. The number of hydrogen-bond acceptors (Lipinski definition) is 2. The van der Waals surface area contributed by atoms with E-state index in [4.69, 9.17) is 28.5 Å². The average molecular weight is 271 g/mol. The summed E-state index contributed by atoms with van der Waals surface area (Å²) in [5, 5.41) is 11.7. The van der Waals surface area contributed by atoms with Gasteiger partial charge in [0.2, 0.25) is 5.91 Å². The van der Waals surface area contributed by atoms with Crippen molar-refractivity contribution < 1.29 is 4.79 Å². The molecule has 0 saturated carbocycles. The summed E-state index contributed by atoms with van der Waals surface area (Å²) in [5.74, 6) is 0.0383. The molecule has 0 spiro atoms. The first-order valence-corrected chi connectivity index (χ1v) is 5.89. The predicted molar refractivity (Wildman–Crippen MR) is 69.3 cm³/mol. The van der Waals surface area contributed by atoms with Crippen LogP contribution in [-0.4, -0.2) is 11.8 Å². The van der Waals surface area contributed by atoms with Crippen LogP contribution >= 0.6 is 23.2 Å². The van der Waals surface area contributed by atoms with Gasteiger partial charge < -0.3 is 5.32 Å². The van der Waals surface area contributed by atoms with Gasteiger partial charge in [0.25, 0.3) is 0 Å². The number of nitrogens with zero attached hydrogens (tertiary/aromatic N) is 1. The highest BCUT2D eigenvalue weighted by molar-refractivity contribution is 6.32. The summed E-state index contributed by atoms with van der Waals surface area (Å²) in [6.07, 6.45) is 0. The lowest BCUT2D eigenvalue weighted by molar-refractivity contribution is -0.122. The number of hydrogen-bond donors (Lipinski definition) is 1. The van der Waals surface area contributed by atoms with E-state index in [1.165, 1.54) is 0 Å². The first kappa shape index (κ1) is 13.8. The van der Waals surface area contributed by atoms with Crippen molar-refractivity contribution >= 4 is 34.8 Å². The molecule has 0 heterocycles. The molecule has 1 N–H and O–H groups in total. The standard InChI is InChI=1S/C12H12Cl2N2O/c1-12(2,7-13)11(17)16-9-4-3-8(6-15)10(14)5-9/h3-5H,7H2,1-2H3,(H,16,17). The van der Waals surface area contributed by atoms with Gasteiger partial charge in [0.15, 0.2) is 0 Å². The molecular weight excluding hydrogens is 259 g/mol. The van der Waals surface area contributed by atoms with E-state index in [1.54, 1.807) is 32.0 Å². The van der Waals surface area contributed by atoms with Crippen molar-refractivity contribution in [3.05, 3.63) is 28.8 Å². The van der Waals surface area contributed by atoms with Crippen LogP contribution in [0.1, 0.15) is 19.4 Å². The quantitative estimate of drug-likeness (QED) is 0.856. The van der Waals surface area contributed by atoms with Gasteiger partial charge in [0.1, 0.15) is 6.07 Å². The second kappa shape index (κ2) is 5.39. The molecule has 0 saturated heterocycles. The van der Waals surface area contributed by atoms with Crippen LogP contribution in [0, 0.1) is 16.7 Å². The number of nitriles is 1. The van der Waals surface area contributed by atoms with E-state index in [0.29, 0.717) is 16.3 Å². The number of carbonyl (C=O) groups is 1. The highest BCUT2D eigenvalue weighted by atomic mass is 35.5. The third-order valence-corrected chi connectivity index (χ3v) is 3.28. The lowest BCUT2D eigenvalue weighted by atomic mass is 9.95. The highest BCUT2D eigenvalue weighted by Gasteiger charge is 2.26. The fraction of sp³-hybridized carbons (Fsp3) is 0.333. The molecular formula is C12H12Cl2N2O. The molecule has 1 amide bonds. The molecule has 0 aromatic heterocycles. The van der Waals surface area contributed by atoms with Crippen molar-refractivity contribution in [2.75, 3.05) is 11.2 Å². The largest absolute Gasteiger partial charge is 0.326 e. The number of rotatable bonds is 3. The van der Waals surface area contributed by atoms with Gasteiger partial charge in [-0.05, 0) is 32.0 Å². The number of anilines is 1. The second-order valence-corrected chi connectivity index (χ2v) is 4.95. The highest BCUT2D eigenvalue weighted by Crippen LogP contribution is 2.23. The minimum atomic E-state index is -0.651. The maximum Gasteiger partial charge on any atom is 0.231 e. The van der Waals surface area contributed by atoms with Crippen LogP contribution in [0.25, 0.3) is 0 Å². The smallest absolute Gasteiger partial charge is 0.231 e. The van der Waals surface area contributed by atoms with Gasteiger partial charge in [-0.25, -0.2) is 0 Å². The monoisotopic (exact) mass is 270 g/mol. The van der Waals surface area contributed by atoms with Crippen molar-refractivity contribution in [1.82, 2.24) is 0 Å². The van der Waals surface area contributed by atoms with Gasteiger partial charge in [0, 0.05) is 11.6 Å². The van der Waals surface area contributed by atoms with Crippen LogP contribution in [0.5, 0.6) is 0 Å². The zero-order valence-electron chi connectivity index (χ0n) is 9.55. The van der Waals surface area contributed by atoms with Gasteiger partial charge in [-0.1, -0.05) is 11.6 Å². The molecule has 0 bridgehead atoms. The number of nitrogens with one attached hydrogen (secondary N) is 1. The van der Waals surface area contributed by atoms with E-state index < -0.39 is 5.41 Å². The van der Waals surface area contributed by atoms with E-state index in [0.717, 1.165) is 0 Å². The summed E-state index contributed by atoms with van der Waals surface area (Å²) in [7, 11) is 0. The second-order valence-electron chi connectivity index (χ2n) is 4.28. The third kappa shape index (κ3) is 3.36. The van der Waals surface area contributed by atoms with Gasteiger partial charge >= 0.3 is 0 Å². The van der Waals surface area contributed by atoms with Crippen LogP contribution < -0.4 is 5.32 Å². The molecule has 1 aromatic rings. The van der Waals surface area contributed by atoms with Gasteiger partial charge in [0.05, 0.1) is 16.0 Å². The molecule has 0 aliphatic heterocycles. The number of benzene rings is 1. The average Bonchev–Trinajstić information content (AvgIpc) is 2.29. The maximum absolute atomic E-state index is 11.8. The SMILES string of the molecule is CC(C)(CCl)C(=O)Nc1ccc(C#N)c(Cl)c1. The van der Waals surface area contributed by atoms with Crippen LogP contribution in [0.2, 0.25) is 5.02 Å². The lowest BCUT2D eigenvalue weighted by Crippen LogP contribution is -2.32. The van der Waals surface area contributed by atoms with Gasteiger partial charge in [-0.15, -0.1) is 11.6 Å². The van der Waals surface area contributed by atoms with Crippen LogP contribution in [0.15, 0.2) is 18.2 Å². The van der Waals surface area contributed by atoms with Crippen molar-refractivity contribution in [2.24, 2.45) is 5.41 Å². The topological polar surface area (TPSA) is 52.9 Å². The maximum atomic E-state index is 11.8. The summed E-state index contributed by atoms with van der Waals surface area (Å²) in [6, 6.07) is 6.69. The molecule has 0 fully saturated rings. The Morgan fingerprint density at radius 3 is 2.65 bits per heavy atom. The Bertz CT molecular complexity index is 478. The molecule has 90 valence electrons. The van der Waals surface area contributed by atoms with E-state index in [-0.39, 0.29) is 11.8 Å². The Morgan fingerprint density at radius 2 is 2.18 bits per heavy atom. The first-order valence-electron chi connectivity index (χ1n) is 4.98. The molecule has 0 aliphatic carbocycles. The zero-order valence-corrected chi connectivity index (χ0v) is 11.1. The zero-order chi connectivity index (χ0) is 13.1.